The standard InChI is InChI=1S/C25H24NO2/c1-17(2)22-14-23-21(13-25(27)28-24(23)12-18(22)3)16-26-11-7-10-20(15-26)19-8-5-4-6-9-19/h4-15,17H,16H2,1-3H3/q+1. The van der Waals surface area contributed by atoms with Gasteiger partial charge in [-0.1, -0.05) is 44.2 Å². The molecule has 0 amide bonds. The minimum absolute atomic E-state index is 0.306. The Labute approximate surface area is 164 Å². The molecule has 0 unspecified atom stereocenters. The lowest BCUT2D eigenvalue weighted by Gasteiger charge is -2.12. The van der Waals surface area contributed by atoms with Crippen molar-refractivity contribution < 1.29 is 8.98 Å². The molecule has 0 atom stereocenters. The zero-order chi connectivity index (χ0) is 19.7. The van der Waals surface area contributed by atoms with Crippen LogP contribution in [-0.4, -0.2) is 0 Å². The molecular weight excluding hydrogens is 346 g/mol. The summed E-state index contributed by atoms with van der Waals surface area (Å²) in [6, 6.07) is 20.2. The second-order valence-electron chi connectivity index (χ2n) is 7.58. The monoisotopic (exact) mass is 370 g/mol. The molecule has 3 nitrogen and oxygen atoms in total. The third-order valence-electron chi connectivity index (χ3n) is 5.16. The fraction of sp³-hybridized carbons (Fsp3) is 0.200. The summed E-state index contributed by atoms with van der Waals surface area (Å²) < 4.78 is 7.60. The minimum Gasteiger partial charge on any atom is -0.423 e. The molecule has 2 aromatic heterocycles. The van der Waals surface area contributed by atoms with Crippen LogP contribution < -0.4 is 10.2 Å². The Morgan fingerprint density at radius 3 is 2.46 bits per heavy atom. The Bertz CT molecular complexity index is 1190. The van der Waals surface area contributed by atoms with Gasteiger partial charge in [-0.15, -0.1) is 0 Å². The van der Waals surface area contributed by atoms with E-state index >= 15 is 0 Å². The molecule has 0 radical (unpaired) electrons. The fourth-order valence-corrected chi connectivity index (χ4v) is 3.76. The third-order valence-corrected chi connectivity index (χ3v) is 5.16. The molecule has 2 aromatic carbocycles. The van der Waals surface area contributed by atoms with E-state index in [9.17, 15) is 4.79 Å². The van der Waals surface area contributed by atoms with Crippen LogP contribution >= 0.6 is 0 Å². The summed E-state index contributed by atoms with van der Waals surface area (Å²) in [5.74, 6) is 0.415. The molecule has 28 heavy (non-hydrogen) atoms. The highest BCUT2D eigenvalue weighted by atomic mass is 16.4. The number of aryl methyl sites for hydroxylation is 1. The van der Waals surface area contributed by atoms with Crippen molar-refractivity contribution >= 4 is 11.0 Å². The van der Waals surface area contributed by atoms with Gasteiger partial charge in [0.2, 0.25) is 0 Å². The maximum Gasteiger partial charge on any atom is 0.336 e. The van der Waals surface area contributed by atoms with E-state index < -0.39 is 0 Å². The molecule has 3 heteroatoms. The number of benzene rings is 2. The molecule has 0 bridgehead atoms. The van der Waals surface area contributed by atoms with Crippen LogP contribution in [0.15, 0.2) is 82.3 Å². The smallest absolute Gasteiger partial charge is 0.336 e. The summed E-state index contributed by atoms with van der Waals surface area (Å²) in [5, 5.41) is 1.01. The number of hydrogen-bond acceptors (Lipinski definition) is 2. The molecule has 0 aliphatic heterocycles. The molecule has 2 heterocycles. The summed E-state index contributed by atoms with van der Waals surface area (Å²) >= 11 is 0. The normalized spacial score (nSPS) is 11.3. The van der Waals surface area contributed by atoms with Gasteiger partial charge in [-0.2, -0.15) is 0 Å². The van der Waals surface area contributed by atoms with E-state index in [-0.39, 0.29) is 5.63 Å². The van der Waals surface area contributed by atoms with E-state index in [1.807, 2.05) is 36.5 Å². The average molecular weight is 370 g/mol. The van der Waals surface area contributed by atoms with E-state index in [4.69, 9.17) is 4.42 Å². The first-order chi connectivity index (χ1) is 13.5. The molecule has 4 aromatic rings. The van der Waals surface area contributed by atoms with Crippen LogP contribution in [0.25, 0.3) is 22.1 Å². The number of aromatic nitrogens is 1. The van der Waals surface area contributed by atoms with Crippen LogP contribution in [0.3, 0.4) is 0 Å². The molecule has 4 rings (SSSR count). The maximum absolute atomic E-state index is 12.1. The van der Waals surface area contributed by atoms with Crippen molar-refractivity contribution in [2.24, 2.45) is 0 Å². The molecule has 0 N–H and O–H groups in total. The third kappa shape index (κ3) is 3.61. The van der Waals surface area contributed by atoms with Crippen LogP contribution in [0.4, 0.5) is 0 Å². The van der Waals surface area contributed by atoms with Gasteiger partial charge in [0.25, 0.3) is 0 Å². The largest absolute Gasteiger partial charge is 0.423 e. The molecule has 0 spiro atoms. The second-order valence-corrected chi connectivity index (χ2v) is 7.58. The number of hydrogen-bond donors (Lipinski definition) is 0. The molecule has 0 saturated carbocycles. The minimum atomic E-state index is -0.306. The van der Waals surface area contributed by atoms with Gasteiger partial charge >= 0.3 is 5.63 Å². The molecule has 0 aliphatic carbocycles. The van der Waals surface area contributed by atoms with Crippen LogP contribution in [0.1, 0.15) is 36.5 Å². The van der Waals surface area contributed by atoms with Crippen LogP contribution in [-0.2, 0) is 6.54 Å². The van der Waals surface area contributed by atoms with Crippen molar-refractivity contribution in [3.8, 4) is 11.1 Å². The highest BCUT2D eigenvalue weighted by molar-refractivity contribution is 5.82. The topological polar surface area (TPSA) is 34.1 Å². The van der Waals surface area contributed by atoms with Crippen molar-refractivity contribution in [3.05, 3.63) is 100 Å². The van der Waals surface area contributed by atoms with Gasteiger partial charge in [0.05, 0.1) is 0 Å². The first-order valence-electron chi connectivity index (χ1n) is 9.63. The quantitative estimate of drug-likeness (QED) is 0.364. The lowest BCUT2D eigenvalue weighted by atomic mass is 9.95. The average Bonchev–Trinajstić information content (AvgIpc) is 2.68. The predicted molar refractivity (Wildman–Crippen MR) is 112 cm³/mol. The van der Waals surface area contributed by atoms with Gasteiger partial charge < -0.3 is 4.42 Å². The van der Waals surface area contributed by atoms with Gasteiger partial charge in [-0.25, -0.2) is 9.36 Å². The molecule has 0 fully saturated rings. The summed E-state index contributed by atoms with van der Waals surface area (Å²) in [4.78, 5) is 12.1. The molecule has 140 valence electrons. The van der Waals surface area contributed by atoms with Crippen molar-refractivity contribution in [2.45, 2.75) is 33.2 Å². The summed E-state index contributed by atoms with van der Waals surface area (Å²) in [5.41, 5.74) is 6.08. The van der Waals surface area contributed by atoms with Crippen molar-refractivity contribution in [2.75, 3.05) is 0 Å². The Morgan fingerprint density at radius 2 is 1.71 bits per heavy atom. The van der Waals surface area contributed by atoms with Gasteiger partial charge in [-0.3, -0.25) is 0 Å². The fourth-order valence-electron chi connectivity index (χ4n) is 3.76. The molecule has 0 saturated heterocycles. The highest BCUT2D eigenvalue weighted by Crippen LogP contribution is 2.27. The lowest BCUT2D eigenvalue weighted by Crippen LogP contribution is -2.34. The lowest BCUT2D eigenvalue weighted by molar-refractivity contribution is -0.687. The molecule has 0 aliphatic rings. The Kier molecular flexibility index (Phi) is 4.82. The van der Waals surface area contributed by atoms with Gasteiger partial charge in [-0.05, 0) is 47.7 Å². The van der Waals surface area contributed by atoms with Crippen molar-refractivity contribution in [1.29, 1.82) is 0 Å². The number of rotatable bonds is 4. The number of pyridine rings is 1. The number of fused-ring (bicyclic) bond motifs is 1. The van der Waals surface area contributed by atoms with Crippen LogP contribution in [0.5, 0.6) is 0 Å². The number of nitrogens with zero attached hydrogens (tertiary/aromatic N) is 1. The van der Waals surface area contributed by atoms with Gasteiger partial charge in [0, 0.05) is 28.6 Å². The van der Waals surface area contributed by atoms with Crippen LogP contribution in [0.2, 0.25) is 0 Å². The summed E-state index contributed by atoms with van der Waals surface area (Å²) in [6.45, 7) is 7.05. The zero-order valence-electron chi connectivity index (χ0n) is 16.5. The van der Waals surface area contributed by atoms with Crippen molar-refractivity contribution in [1.82, 2.24) is 0 Å². The van der Waals surface area contributed by atoms with E-state index in [2.05, 4.69) is 55.8 Å². The highest BCUT2D eigenvalue weighted by Gasteiger charge is 2.14. The predicted octanol–water partition coefficient (Wildman–Crippen LogP) is 5.23. The molecular formula is C25H24NO2+. The van der Waals surface area contributed by atoms with Crippen LogP contribution in [0, 0.1) is 6.92 Å². The summed E-state index contributed by atoms with van der Waals surface area (Å²) in [6.07, 6.45) is 4.15. The van der Waals surface area contributed by atoms with E-state index in [0.717, 1.165) is 22.1 Å². The van der Waals surface area contributed by atoms with E-state index in [1.165, 1.54) is 11.1 Å². The first-order valence-corrected chi connectivity index (χ1v) is 9.63. The van der Waals surface area contributed by atoms with E-state index in [0.29, 0.717) is 18.0 Å². The maximum atomic E-state index is 12.1. The summed E-state index contributed by atoms with van der Waals surface area (Å²) in [7, 11) is 0. The zero-order valence-corrected chi connectivity index (χ0v) is 16.5. The van der Waals surface area contributed by atoms with Gasteiger partial charge in [0.1, 0.15) is 5.58 Å². The Balaban J connectivity index is 1.80. The second kappa shape index (κ2) is 7.43. The van der Waals surface area contributed by atoms with E-state index in [1.54, 1.807) is 6.07 Å². The van der Waals surface area contributed by atoms with Gasteiger partial charge in [0.15, 0.2) is 18.9 Å². The Hall–Kier alpha value is -3.20. The van der Waals surface area contributed by atoms with Crippen molar-refractivity contribution in [3.63, 3.8) is 0 Å². The first kappa shape index (κ1) is 18.2. The Morgan fingerprint density at radius 1 is 0.964 bits per heavy atom. The SMILES string of the molecule is Cc1cc2oc(=O)cc(C[n+]3cccc(-c4ccccc4)c3)c2cc1C(C)C.